The van der Waals surface area contributed by atoms with E-state index in [0.717, 1.165) is 24.8 Å². The number of Topliss-reactive ketones (excluding diaryl/α,β-unsaturated/α-hetero) is 1. The molecule has 0 bridgehead atoms. The summed E-state index contributed by atoms with van der Waals surface area (Å²) in [7, 11) is 3.45. The molecule has 2 N–H and O–H groups in total. The third kappa shape index (κ3) is 4.31. The van der Waals surface area contributed by atoms with Gasteiger partial charge in [0.15, 0.2) is 24.3 Å². The van der Waals surface area contributed by atoms with Crippen LogP contribution < -0.4 is 5.32 Å². The van der Waals surface area contributed by atoms with Crippen molar-refractivity contribution in [2.45, 2.75) is 83.4 Å². The van der Waals surface area contributed by atoms with Crippen LogP contribution in [0.5, 0.6) is 0 Å². The molecule has 1 aliphatic heterocycles. The molecule has 9 nitrogen and oxygen atoms in total. The minimum Gasteiger partial charge on any atom is -0.441 e. The van der Waals surface area contributed by atoms with Gasteiger partial charge in [-0.25, -0.2) is 4.79 Å². The molecule has 216 valence electrons. The number of carbonyl (C=O) groups excluding carboxylic acids is 3. The minimum absolute atomic E-state index is 0.00549. The van der Waals surface area contributed by atoms with E-state index in [0.29, 0.717) is 32.4 Å². The summed E-state index contributed by atoms with van der Waals surface area (Å²) in [6, 6.07) is 0. The zero-order valence-electron chi connectivity index (χ0n) is 23.9. The normalized spacial score (nSPS) is 42.2. The van der Waals surface area contributed by atoms with Gasteiger partial charge in [-0.3, -0.25) is 9.59 Å². The van der Waals surface area contributed by atoms with Gasteiger partial charge < -0.3 is 29.5 Å². The summed E-state index contributed by atoms with van der Waals surface area (Å²) in [5, 5.41) is 14.8. The molecule has 2 unspecified atom stereocenters. The molecule has 1 saturated heterocycles. The lowest BCUT2D eigenvalue weighted by Gasteiger charge is -2.59. The van der Waals surface area contributed by atoms with Crippen molar-refractivity contribution in [1.82, 2.24) is 10.2 Å². The fourth-order valence-electron chi connectivity index (χ4n) is 8.72. The molecule has 9 heteroatoms. The molecule has 3 saturated carbocycles. The van der Waals surface area contributed by atoms with Crippen molar-refractivity contribution in [3.63, 3.8) is 0 Å². The number of hydrogen-bond acceptors (Lipinski definition) is 8. The van der Waals surface area contributed by atoms with Crippen molar-refractivity contribution >= 4 is 17.7 Å². The number of hydrogen-bond donors (Lipinski definition) is 2. The predicted octanol–water partition coefficient (Wildman–Crippen LogP) is 3.01. The lowest BCUT2D eigenvalue weighted by molar-refractivity contribution is -0.200. The van der Waals surface area contributed by atoms with Crippen LogP contribution in [0.1, 0.15) is 59.3 Å². The first-order chi connectivity index (χ1) is 18.5. The maximum Gasteiger partial charge on any atom is 0.409 e. The predicted molar refractivity (Wildman–Crippen MR) is 144 cm³/mol. The zero-order chi connectivity index (χ0) is 28.2. The molecule has 4 fully saturated rings. The topological polar surface area (TPSA) is 114 Å². The fraction of sp³-hybridized carbons (Fsp3) is 0.767. The Kier molecular flexibility index (Phi) is 7.59. The Hall–Kier alpha value is -2.07. The Labute approximate surface area is 231 Å². The molecule has 1 heterocycles. The van der Waals surface area contributed by atoms with E-state index in [9.17, 15) is 19.5 Å². The highest BCUT2D eigenvalue weighted by Gasteiger charge is 2.75. The number of fused-ring (bicyclic) bond motifs is 7. The standard InChI is InChI=1S/C30H44N2O7/c1-6-7-25-38-24-15-21-20-9-8-18-14-19(33)10-11-28(18,2)26(20)22(34)16-29(21,3)30(24,39-25)23(35)17-37-27(36)32(5)13-12-31-4/h10-11,14,20-22,24-26,31,34H,6-9,12-13,15-17H2,1-5H3/t20?,21-,22-,24+,25?,26+,28-,29-,30+/m0/s1. The van der Waals surface area contributed by atoms with Crippen LogP contribution >= 0.6 is 0 Å². The summed E-state index contributed by atoms with van der Waals surface area (Å²) in [4.78, 5) is 40.3. The summed E-state index contributed by atoms with van der Waals surface area (Å²) in [6.45, 7) is 6.93. The first kappa shape index (κ1) is 28.5. The third-order valence-electron chi connectivity index (χ3n) is 10.6. The number of rotatable bonds is 8. The van der Waals surface area contributed by atoms with Crippen LogP contribution in [0.4, 0.5) is 4.79 Å². The fourth-order valence-corrected chi connectivity index (χ4v) is 8.72. The van der Waals surface area contributed by atoms with E-state index in [1.807, 2.05) is 13.0 Å². The second-order valence-electron chi connectivity index (χ2n) is 12.6. The van der Waals surface area contributed by atoms with Crippen LogP contribution in [0.2, 0.25) is 0 Å². The van der Waals surface area contributed by atoms with Crippen LogP contribution in [-0.2, 0) is 23.8 Å². The quantitative estimate of drug-likeness (QED) is 0.479. The number of aliphatic hydroxyl groups is 1. The van der Waals surface area contributed by atoms with Crippen LogP contribution in [0, 0.1) is 28.6 Å². The first-order valence-electron chi connectivity index (χ1n) is 14.5. The van der Waals surface area contributed by atoms with Gasteiger partial charge in [0.1, 0.15) is 0 Å². The maximum atomic E-state index is 14.1. The number of amides is 1. The van der Waals surface area contributed by atoms with Crippen LogP contribution in [0.25, 0.3) is 0 Å². The number of carbonyl (C=O) groups is 3. The van der Waals surface area contributed by atoms with Crippen molar-refractivity contribution < 1.29 is 33.7 Å². The number of nitrogens with zero attached hydrogens (tertiary/aromatic N) is 1. The van der Waals surface area contributed by atoms with E-state index in [-0.39, 0.29) is 29.3 Å². The van der Waals surface area contributed by atoms with E-state index < -0.39 is 47.6 Å². The molecule has 39 heavy (non-hydrogen) atoms. The third-order valence-corrected chi connectivity index (χ3v) is 10.6. The monoisotopic (exact) mass is 544 g/mol. The highest BCUT2D eigenvalue weighted by Crippen LogP contribution is 2.69. The first-order valence-corrected chi connectivity index (χ1v) is 14.5. The molecule has 0 aromatic carbocycles. The van der Waals surface area contributed by atoms with E-state index >= 15 is 0 Å². The Bertz CT molecular complexity index is 1070. The second kappa shape index (κ2) is 10.4. The Balaban J connectivity index is 1.44. The number of ether oxygens (including phenoxy) is 3. The lowest BCUT2D eigenvalue weighted by atomic mass is 9.46. The number of nitrogens with one attached hydrogen (secondary N) is 1. The number of aliphatic hydroxyl groups excluding tert-OH is 1. The van der Waals surface area contributed by atoms with Crippen molar-refractivity contribution in [2.24, 2.45) is 28.6 Å². The molecule has 5 rings (SSSR count). The highest BCUT2D eigenvalue weighted by atomic mass is 16.7. The van der Waals surface area contributed by atoms with Crippen molar-refractivity contribution in [2.75, 3.05) is 33.8 Å². The molecule has 0 spiro atoms. The van der Waals surface area contributed by atoms with Gasteiger partial charge in [0, 0.05) is 36.9 Å². The van der Waals surface area contributed by atoms with Crippen molar-refractivity contribution in [3.8, 4) is 0 Å². The number of allylic oxidation sites excluding steroid dienone is 4. The molecule has 9 atom stereocenters. The second-order valence-corrected chi connectivity index (χ2v) is 12.6. The molecule has 0 aromatic rings. The summed E-state index contributed by atoms with van der Waals surface area (Å²) in [5.41, 5.74) is -1.28. The Morgan fingerprint density at radius 3 is 2.79 bits per heavy atom. The van der Waals surface area contributed by atoms with Gasteiger partial charge in [0.05, 0.1) is 12.2 Å². The smallest absolute Gasteiger partial charge is 0.409 e. The molecule has 1 amide bonds. The van der Waals surface area contributed by atoms with E-state index in [4.69, 9.17) is 14.2 Å². The average molecular weight is 545 g/mol. The Morgan fingerprint density at radius 1 is 1.31 bits per heavy atom. The summed E-state index contributed by atoms with van der Waals surface area (Å²) >= 11 is 0. The van der Waals surface area contributed by atoms with E-state index in [1.165, 1.54) is 4.90 Å². The van der Waals surface area contributed by atoms with E-state index in [2.05, 4.69) is 19.2 Å². The average Bonchev–Trinajstić information content (AvgIpc) is 3.38. The van der Waals surface area contributed by atoms with Gasteiger partial charge in [-0.1, -0.05) is 38.8 Å². The van der Waals surface area contributed by atoms with Crippen LogP contribution in [0.15, 0.2) is 23.8 Å². The molecule has 5 aliphatic rings. The molecule has 0 radical (unpaired) electrons. The van der Waals surface area contributed by atoms with Gasteiger partial charge in [-0.15, -0.1) is 0 Å². The van der Waals surface area contributed by atoms with E-state index in [1.54, 1.807) is 26.2 Å². The van der Waals surface area contributed by atoms with Crippen molar-refractivity contribution in [1.29, 1.82) is 0 Å². The lowest BCUT2D eigenvalue weighted by Crippen LogP contribution is -2.63. The summed E-state index contributed by atoms with van der Waals surface area (Å²) in [6.07, 6.45) is 7.32. The number of likely N-dealkylation sites (N-methyl/N-ethyl adjacent to an activating group) is 2. The molecular formula is C30H44N2O7. The molecule has 4 aliphatic carbocycles. The minimum atomic E-state index is -1.29. The zero-order valence-corrected chi connectivity index (χ0v) is 23.9. The van der Waals surface area contributed by atoms with Crippen molar-refractivity contribution in [3.05, 3.63) is 23.8 Å². The number of ketones is 2. The van der Waals surface area contributed by atoms with Crippen LogP contribution in [0.3, 0.4) is 0 Å². The van der Waals surface area contributed by atoms with Gasteiger partial charge >= 0.3 is 6.09 Å². The van der Waals surface area contributed by atoms with Gasteiger partial charge in [-0.05, 0) is 63.1 Å². The Morgan fingerprint density at radius 2 is 2.08 bits per heavy atom. The van der Waals surface area contributed by atoms with Gasteiger partial charge in [-0.2, -0.15) is 0 Å². The largest absolute Gasteiger partial charge is 0.441 e. The van der Waals surface area contributed by atoms with Gasteiger partial charge in [0.2, 0.25) is 5.78 Å². The summed E-state index contributed by atoms with van der Waals surface area (Å²) in [5.74, 6) is -0.119. The van der Waals surface area contributed by atoms with Gasteiger partial charge in [0.25, 0.3) is 0 Å². The SMILES string of the molecule is CCCC1O[C@@H]2C[C@H]3C4CCC5=CC(=O)C=C[C@]5(C)[C@H]4[C@@H](O)C[C@]3(C)[C@]2(C(=O)COC(=O)N(C)CCNC)O1. The molecule has 0 aromatic heterocycles. The maximum absolute atomic E-state index is 14.1. The van der Waals surface area contributed by atoms with Crippen LogP contribution in [-0.4, -0.2) is 85.6 Å². The summed E-state index contributed by atoms with van der Waals surface area (Å²) < 4.78 is 18.5. The highest BCUT2D eigenvalue weighted by molar-refractivity contribution is 6.01. The molecular weight excluding hydrogens is 500 g/mol.